The van der Waals surface area contributed by atoms with Crippen molar-refractivity contribution in [2.24, 2.45) is 11.7 Å². The lowest BCUT2D eigenvalue weighted by Crippen LogP contribution is -2.48. The maximum atomic E-state index is 12.3. The van der Waals surface area contributed by atoms with Gasteiger partial charge < -0.3 is 10.6 Å². The minimum atomic E-state index is -3.23. The number of benzene rings is 1. The van der Waals surface area contributed by atoms with Gasteiger partial charge in [-0.15, -0.1) is 12.4 Å². The topological polar surface area (TPSA) is 80.5 Å². The van der Waals surface area contributed by atoms with Gasteiger partial charge in [0.2, 0.25) is 0 Å². The zero-order valence-corrected chi connectivity index (χ0v) is 13.8. The zero-order chi connectivity index (χ0) is 14.9. The first-order valence-electron chi connectivity index (χ1n) is 6.64. The fraction of sp³-hybridized carbons (Fsp3) is 0.500. The van der Waals surface area contributed by atoms with Crippen LogP contribution in [0.15, 0.2) is 29.2 Å². The van der Waals surface area contributed by atoms with E-state index in [1.807, 2.05) is 6.92 Å². The molecule has 0 aromatic heterocycles. The van der Waals surface area contributed by atoms with Gasteiger partial charge in [0.1, 0.15) is 0 Å². The summed E-state index contributed by atoms with van der Waals surface area (Å²) in [6, 6.07) is 6.23. The van der Waals surface area contributed by atoms with Gasteiger partial charge in [-0.25, -0.2) is 8.42 Å². The van der Waals surface area contributed by atoms with Crippen LogP contribution in [0.2, 0.25) is 0 Å². The molecular weight excluding hydrogens is 312 g/mol. The number of rotatable bonds is 2. The van der Waals surface area contributed by atoms with E-state index in [-0.39, 0.29) is 35.2 Å². The average molecular weight is 333 g/mol. The number of likely N-dealkylation sites (tertiary alicyclic amines) is 1. The maximum Gasteiger partial charge on any atom is 0.253 e. The number of hydrogen-bond acceptors (Lipinski definition) is 4. The minimum absolute atomic E-state index is 0. The van der Waals surface area contributed by atoms with Gasteiger partial charge in [0.15, 0.2) is 9.84 Å². The summed E-state index contributed by atoms with van der Waals surface area (Å²) in [4.78, 5) is 14.4. The third-order valence-electron chi connectivity index (χ3n) is 3.79. The van der Waals surface area contributed by atoms with E-state index in [1.54, 1.807) is 17.0 Å². The molecule has 118 valence electrons. The van der Waals surface area contributed by atoms with Crippen LogP contribution < -0.4 is 5.73 Å². The summed E-state index contributed by atoms with van der Waals surface area (Å²) in [5, 5.41) is 0. The van der Waals surface area contributed by atoms with E-state index < -0.39 is 9.84 Å². The van der Waals surface area contributed by atoms with Crippen molar-refractivity contribution in [2.45, 2.75) is 24.3 Å². The Morgan fingerprint density at radius 2 is 1.86 bits per heavy atom. The van der Waals surface area contributed by atoms with E-state index in [1.165, 1.54) is 12.1 Å². The van der Waals surface area contributed by atoms with Crippen molar-refractivity contribution in [1.82, 2.24) is 4.90 Å². The standard InChI is InChI=1S/C14H20N2O3S.ClH/c1-10-9-16(8-7-13(10)15)14(17)11-3-5-12(6-4-11)20(2,18)19;/h3-6,10,13H,7-9,15H2,1-2H3;1H. The van der Waals surface area contributed by atoms with E-state index in [2.05, 4.69) is 0 Å². The number of piperidine rings is 1. The lowest BCUT2D eigenvalue weighted by atomic mass is 9.94. The molecule has 1 aromatic rings. The highest BCUT2D eigenvalue weighted by Gasteiger charge is 2.26. The summed E-state index contributed by atoms with van der Waals surface area (Å²) in [6.07, 6.45) is 1.95. The van der Waals surface area contributed by atoms with Gasteiger partial charge in [-0.1, -0.05) is 6.92 Å². The van der Waals surface area contributed by atoms with Crippen molar-refractivity contribution in [2.75, 3.05) is 19.3 Å². The number of sulfone groups is 1. The minimum Gasteiger partial charge on any atom is -0.338 e. The first-order valence-corrected chi connectivity index (χ1v) is 8.53. The van der Waals surface area contributed by atoms with Gasteiger partial charge >= 0.3 is 0 Å². The molecule has 1 aromatic carbocycles. The molecule has 1 heterocycles. The molecule has 2 N–H and O–H groups in total. The SMILES string of the molecule is CC1CN(C(=O)c2ccc(S(C)(=O)=O)cc2)CCC1N.Cl. The molecule has 0 radical (unpaired) electrons. The predicted molar refractivity (Wildman–Crippen MR) is 84.5 cm³/mol. The Balaban J connectivity index is 0.00000220. The molecule has 7 heteroatoms. The quantitative estimate of drug-likeness (QED) is 0.885. The molecule has 0 saturated carbocycles. The second-order valence-corrected chi connectivity index (χ2v) is 7.49. The highest BCUT2D eigenvalue weighted by molar-refractivity contribution is 7.90. The lowest BCUT2D eigenvalue weighted by molar-refractivity contribution is 0.0664. The van der Waals surface area contributed by atoms with Crippen LogP contribution in [0.4, 0.5) is 0 Å². The molecule has 0 bridgehead atoms. The van der Waals surface area contributed by atoms with E-state index in [0.29, 0.717) is 18.7 Å². The smallest absolute Gasteiger partial charge is 0.253 e. The molecule has 1 aliphatic rings. The Labute approximate surface area is 131 Å². The number of halogens is 1. The van der Waals surface area contributed by atoms with E-state index in [9.17, 15) is 13.2 Å². The summed E-state index contributed by atoms with van der Waals surface area (Å²) in [5.41, 5.74) is 6.46. The monoisotopic (exact) mass is 332 g/mol. The Morgan fingerprint density at radius 3 is 2.33 bits per heavy atom. The third kappa shape index (κ3) is 4.18. The van der Waals surface area contributed by atoms with E-state index in [0.717, 1.165) is 12.7 Å². The molecule has 2 unspecified atom stereocenters. The Bertz CT molecular complexity index is 601. The molecule has 1 saturated heterocycles. The van der Waals surface area contributed by atoms with Crippen molar-refractivity contribution >= 4 is 28.2 Å². The number of carbonyl (C=O) groups is 1. The second kappa shape index (κ2) is 6.77. The van der Waals surface area contributed by atoms with Crippen LogP contribution in [-0.4, -0.2) is 44.6 Å². The van der Waals surface area contributed by atoms with Crippen LogP contribution in [-0.2, 0) is 9.84 Å². The van der Waals surface area contributed by atoms with Gasteiger partial charge in [0, 0.05) is 31.0 Å². The van der Waals surface area contributed by atoms with Gasteiger partial charge in [-0.3, -0.25) is 4.79 Å². The number of hydrogen-bond donors (Lipinski definition) is 1. The Kier molecular flexibility index (Phi) is 5.78. The van der Waals surface area contributed by atoms with Crippen LogP contribution >= 0.6 is 12.4 Å². The number of amides is 1. The van der Waals surface area contributed by atoms with E-state index in [4.69, 9.17) is 5.73 Å². The molecule has 1 amide bonds. The van der Waals surface area contributed by atoms with Crippen molar-refractivity contribution < 1.29 is 13.2 Å². The molecule has 1 fully saturated rings. The first-order chi connectivity index (χ1) is 9.29. The van der Waals surface area contributed by atoms with Gasteiger partial charge in [0.05, 0.1) is 4.90 Å². The summed E-state index contributed by atoms with van der Waals surface area (Å²) in [7, 11) is -3.23. The normalized spacial score (nSPS) is 22.5. The van der Waals surface area contributed by atoms with Crippen LogP contribution in [0.5, 0.6) is 0 Å². The van der Waals surface area contributed by atoms with Crippen molar-refractivity contribution in [3.8, 4) is 0 Å². The molecule has 2 atom stereocenters. The van der Waals surface area contributed by atoms with Gasteiger partial charge in [-0.05, 0) is 36.6 Å². The predicted octanol–water partition coefficient (Wildman–Crippen LogP) is 1.32. The fourth-order valence-electron chi connectivity index (χ4n) is 2.38. The zero-order valence-electron chi connectivity index (χ0n) is 12.2. The van der Waals surface area contributed by atoms with Crippen LogP contribution in [0.25, 0.3) is 0 Å². The van der Waals surface area contributed by atoms with Crippen molar-refractivity contribution in [3.05, 3.63) is 29.8 Å². The van der Waals surface area contributed by atoms with Gasteiger partial charge in [0.25, 0.3) is 5.91 Å². The van der Waals surface area contributed by atoms with Crippen molar-refractivity contribution in [3.63, 3.8) is 0 Å². The number of carbonyl (C=O) groups excluding carboxylic acids is 1. The van der Waals surface area contributed by atoms with E-state index >= 15 is 0 Å². The first kappa shape index (κ1) is 17.9. The molecule has 0 spiro atoms. The van der Waals surface area contributed by atoms with Gasteiger partial charge in [-0.2, -0.15) is 0 Å². The number of nitrogens with zero attached hydrogens (tertiary/aromatic N) is 1. The summed E-state index contributed by atoms with van der Waals surface area (Å²) < 4.78 is 22.8. The highest BCUT2D eigenvalue weighted by atomic mass is 35.5. The maximum absolute atomic E-state index is 12.3. The Hall–Kier alpha value is -1.11. The fourth-order valence-corrected chi connectivity index (χ4v) is 3.01. The van der Waals surface area contributed by atoms with Crippen LogP contribution in [0.3, 0.4) is 0 Å². The van der Waals surface area contributed by atoms with Crippen LogP contribution in [0, 0.1) is 5.92 Å². The molecule has 2 rings (SSSR count). The van der Waals surface area contributed by atoms with Crippen molar-refractivity contribution in [1.29, 1.82) is 0 Å². The Morgan fingerprint density at radius 1 is 1.29 bits per heavy atom. The largest absolute Gasteiger partial charge is 0.338 e. The highest BCUT2D eigenvalue weighted by Crippen LogP contribution is 2.18. The average Bonchev–Trinajstić information content (AvgIpc) is 2.40. The molecular formula is C14H21ClN2O3S. The summed E-state index contributed by atoms with van der Waals surface area (Å²) in [6.45, 7) is 3.34. The third-order valence-corrected chi connectivity index (χ3v) is 4.92. The molecule has 5 nitrogen and oxygen atoms in total. The van der Waals surface area contributed by atoms with Crippen LogP contribution in [0.1, 0.15) is 23.7 Å². The molecule has 1 aliphatic heterocycles. The summed E-state index contributed by atoms with van der Waals surface area (Å²) in [5.74, 6) is 0.215. The second-order valence-electron chi connectivity index (χ2n) is 5.48. The summed E-state index contributed by atoms with van der Waals surface area (Å²) >= 11 is 0. The lowest BCUT2D eigenvalue weighted by Gasteiger charge is -2.35. The molecule has 0 aliphatic carbocycles. The number of nitrogens with two attached hydrogens (primary N) is 1. The molecule has 21 heavy (non-hydrogen) atoms.